The molecule has 1 atom stereocenters. The van der Waals surface area contributed by atoms with Crippen molar-refractivity contribution in [3.05, 3.63) is 28.3 Å². The molecule has 1 aliphatic rings. The fraction of sp³-hybridized carbons (Fsp3) is 0.500. The summed E-state index contributed by atoms with van der Waals surface area (Å²) < 4.78 is 5.11. The molecule has 0 saturated carbocycles. The summed E-state index contributed by atoms with van der Waals surface area (Å²) in [6.45, 7) is 3.09. The highest BCUT2D eigenvalue weighted by Crippen LogP contribution is 2.32. The molecule has 1 fully saturated rings. The molecule has 1 aliphatic heterocycles. The molecular weight excluding hydrogens is 220 g/mol. The molecule has 92 valence electrons. The van der Waals surface area contributed by atoms with E-state index in [9.17, 15) is 10.1 Å². The summed E-state index contributed by atoms with van der Waals surface area (Å²) in [5.74, 6) is 0.535. The lowest BCUT2D eigenvalue weighted by Crippen LogP contribution is -2.26. The second kappa shape index (κ2) is 4.61. The number of methoxy groups -OCH3 is 1. The van der Waals surface area contributed by atoms with E-state index in [2.05, 4.69) is 11.8 Å². The van der Waals surface area contributed by atoms with Crippen LogP contribution in [-0.2, 0) is 0 Å². The lowest BCUT2D eigenvalue weighted by molar-refractivity contribution is -0.384. The molecule has 5 nitrogen and oxygen atoms in total. The van der Waals surface area contributed by atoms with Gasteiger partial charge in [0, 0.05) is 30.4 Å². The molecule has 1 aromatic rings. The van der Waals surface area contributed by atoms with Gasteiger partial charge in [-0.2, -0.15) is 0 Å². The van der Waals surface area contributed by atoms with Crippen LogP contribution in [0, 0.1) is 10.1 Å². The molecule has 1 saturated heterocycles. The molecule has 0 spiro atoms. The summed E-state index contributed by atoms with van der Waals surface area (Å²) in [6, 6.07) is 5.35. The highest BCUT2D eigenvalue weighted by atomic mass is 16.6. The molecular formula is C12H16N2O3. The van der Waals surface area contributed by atoms with Gasteiger partial charge in [0.25, 0.3) is 5.69 Å². The molecule has 0 aromatic heterocycles. The first-order valence-corrected chi connectivity index (χ1v) is 5.72. The Morgan fingerprint density at radius 1 is 1.47 bits per heavy atom. The summed E-state index contributed by atoms with van der Waals surface area (Å²) >= 11 is 0. The van der Waals surface area contributed by atoms with Crippen molar-refractivity contribution in [1.29, 1.82) is 0 Å². The minimum atomic E-state index is -0.382. The van der Waals surface area contributed by atoms with E-state index in [0.717, 1.165) is 25.1 Å². The Labute approximate surface area is 100 Å². The number of benzene rings is 1. The Morgan fingerprint density at radius 2 is 2.24 bits per heavy atom. The number of ether oxygens (including phenoxy) is 1. The summed E-state index contributed by atoms with van der Waals surface area (Å²) in [5.41, 5.74) is 0.958. The van der Waals surface area contributed by atoms with E-state index in [0.29, 0.717) is 11.8 Å². The Balaban J connectivity index is 2.38. The maximum atomic E-state index is 10.8. The van der Waals surface area contributed by atoms with Crippen molar-refractivity contribution in [2.24, 2.45) is 0 Å². The number of anilines is 1. The Hall–Kier alpha value is -1.78. The first-order chi connectivity index (χ1) is 8.11. The molecule has 1 heterocycles. The van der Waals surface area contributed by atoms with Crippen LogP contribution in [0.2, 0.25) is 0 Å². The van der Waals surface area contributed by atoms with Crippen LogP contribution in [-0.4, -0.2) is 24.6 Å². The molecule has 0 amide bonds. The zero-order chi connectivity index (χ0) is 12.4. The summed E-state index contributed by atoms with van der Waals surface area (Å²) in [4.78, 5) is 12.7. The van der Waals surface area contributed by atoms with Gasteiger partial charge in [0.15, 0.2) is 0 Å². The fourth-order valence-electron chi connectivity index (χ4n) is 2.27. The maximum Gasteiger partial charge on any atom is 0.275 e. The lowest BCUT2D eigenvalue weighted by Gasteiger charge is -2.23. The van der Waals surface area contributed by atoms with Gasteiger partial charge < -0.3 is 9.64 Å². The van der Waals surface area contributed by atoms with E-state index in [-0.39, 0.29) is 10.6 Å². The number of nitrogens with zero attached hydrogens (tertiary/aromatic N) is 2. The van der Waals surface area contributed by atoms with Crippen LogP contribution >= 0.6 is 0 Å². The second-order valence-corrected chi connectivity index (χ2v) is 4.33. The predicted molar refractivity (Wildman–Crippen MR) is 65.7 cm³/mol. The number of rotatable bonds is 3. The zero-order valence-electron chi connectivity index (χ0n) is 10.0. The fourth-order valence-corrected chi connectivity index (χ4v) is 2.27. The molecule has 2 rings (SSSR count). The molecule has 0 bridgehead atoms. The van der Waals surface area contributed by atoms with E-state index in [1.807, 2.05) is 6.07 Å². The van der Waals surface area contributed by atoms with Gasteiger partial charge in [-0.05, 0) is 19.8 Å². The van der Waals surface area contributed by atoms with Crippen LogP contribution < -0.4 is 9.64 Å². The number of hydrogen-bond donors (Lipinski definition) is 0. The average Bonchev–Trinajstić information content (AvgIpc) is 2.74. The topological polar surface area (TPSA) is 55.6 Å². The maximum absolute atomic E-state index is 10.8. The Kier molecular flexibility index (Phi) is 3.17. The quantitative estimate of drug-likeness (QED) is 0.598. The van der Waals surface area contributed by atoms with Gasteiger partial charge in [0.2, 0.25) is 0 Å². The van der Waals surface area contributed by atoms with Gasteiger partial charge >= 0.3 is 0 Å². The van der Waals surface area contributed by atoms with Crippen molar-refractivity contribution in [2.45, 2.75) is 25.8 Å². The predicted octanol–water partition coefficient (Wildman–Crippen LogP) is 2.59. The Morgan fingerprint density at radius 3 is 2.76 bits per heavy atom. The monoisotopic (exact) mass is 236 g/mol. The second-order valence-electron chi connectivity index (χ2n) is 4.33. The molecule has 0 radical (unpaired) electrons. The van der Waals surface area contributed by atoms with Crippen molar-refractivity contribution in [3.63, 3.8) is 0 Å². The first-order valence-electron chi connectivity index (χ1n) is 5.72. The SMILES string of the molecule is COc1cc(N2CCCC2C)cc([N+](=O)[O-])c1. The normalized spacial score (nSPS) is 19.4. The van der Waals surface area contributed by atoms with E-state index in [4.69, 9.17) is 4.74 Å². The molecule has 0 N–H and O–H groups in total. The standard InChI is InChI=1S/C12H16N2O3/c1-9-4-3-5-13(9)10-6-11(14(15)16)8-12(7-10)17-2/h6-9H,3-5H2,1-2H3. The summed E-state index contributed by atoms with van der Waals surface area (Å²) in [5, 5.41) is 10.8. The van der Waals surface area contributed by atoms with Crippen LogP contribution in [0.4, 0.5) is 11.4 Å². The number of nitro benzene ring substituents is 1. The molecule has 5 heteroatoms. The van der Waals surface area contributed by atoms with Crippen molar-refractivity contribution < 1.29 is 9.66 Å². The van der Waals surface area contributed by atoms with Crippen LogP contribution in [0.3, 0.4) is 0 Å². The molecule has 0 aliphatic carbocycles. The van der Waals surface area contributed by atoms with Crippen molar-refractivity contribution in [2.75, 3.05) is 18.6 Å². The van der Waals surface area contributed by atoms with E-state index in [1.165, 1.54) is 13.2 Å². The number of hydrogen-bond acceptors (Lipinski definition) is 4. The largest absolute Gasteiger partial charge is 0.496 e. The van der Waals surface area contributed by atoms with E-state index in [1.54, 1.807) is 6.07 Å². The number of non-ortho nitro benzene ring substituents is 1. The van der Waals surface area contributed by atoms with Crippen LogP contribution in [0.15, 0.2) is 18.2 Å². The van der Waals surface area contributed by atoms with E-state index >= 15 is 0 Å². The van der Waals surface area contributed by atoms with Crippen molar-refractivity contribution in [3.8, 4) is 5.75 Å². The minimum Gasteiger partial charge on any atom is -0.496 e. The van der Waals surface area contributed by atoms with Gasteiger partial charge in [-0.25, -0.2) is 0 Å². The third-order valence-electron chi connectivity index (χ3n) is 3.21. The first kappa shape index (κ1) is 11.7. The van der Waals surface area contributed by atoms with Gasteiger partial charge in [-0.1, -0.05) is 0 Å². The van der Waals surface area contributed by atoms with E-state index < -0.39 is 0 Å². The third kappa shape index (κ3) is 2.33. The smallest absolute Gasteiger partial charge is 0.275 e. The van der Waals surface area contributed by atoms with Gasteiger partial charge in [-0.15, -0.1) is 0 Å². The minimum absolute atomic E-state index is 0.0819. The highest BCUT2D eigenvalue weighted by molar-refractivity contribution is 5.59. The van der Waals surface area contributed by atoms with Gasteiger partial charge in [0.05, 0.1) is 18.1 Å². The van der Waals surface area contributed by atoms with Crippen LogP contribution in [0.5, 0.6) is 5.75 Å². The van der Waals surface area contributed by atoms with Crippen molar-refractivity contribution in [1.82, 2.24) is 0 Å². The summed E-state index contributed by atoms with van der Waals surface area (Å²) in [6.07, 6.45) is 2.26. The van der Waals surface area contributed by atoms with Crippen LogP contribution in [0.25, 0.3) is 0 Å². The zero-order valence-corrected chi connectivity index (χ0v) is 10.0. The Bertz CT molecular complexity index is 434. The van der Waals surface area contributed by atoms with Gasteiger partial charge in [-0.3, -0.25) is 10.1 Å². The van der Waals surface area contributed by atoms with Gasteiger partial charge in [0.1, 0.15) is 5.75 Å². The van der Waals surface area contributed by atoms with Crippen LogP contribution in [0.1, 0.15) is 19.8 Å². The molecule has 17 heavy (non-hydrogen) atoms. The third-order valence-corrected chi connectivity index (χ3v) is 3.21. The molecule has 1 aromatic carbocycles. The lowest BCUT2D eigenvalue weighted by atomic mass is 10.2. The highest BCUT2D eigenvalue weighted by Gasteiger charge is 2.23. The number of nitro groups is 1. The van der Waals surface area contributed by atoms with Crippen molar-refractivity contribution >= 4 is 11.4 Å². The molecule has 1 unspecified atom stereocenters. The summed E-state index contributed by atoms with van der Waals surface area (Å²) in [7, 11) is 1.52. The average molecular weight is 236 g/mol.